The topological polar surface area (TPSA) is 83.0 Å². The van der Waals surface area contributed by atoms with Gasteiger partial charge in [0, 0.05) is 18.3 Å². The number of nitrogens with zero attached hydrogens (tertiary/aromatic N) is 7. The lowest BCUT2D eigenvalue weighted by atomic mass is 10.1. The molecule has 0 atom stereocenters. The van der Waals surface area contributed by atoms with Crippen LogP contribution in [0.15, 0.2) is 30.2 Å². The highest BCUT2D eigenvalue weighted by Gasteiger charge is 2.17. The van der Waals surface area contributed by atoms with Crippen molar-refractivity contribution in [2.24, 2.45) is 5.16 Å². The van der Waals surface area contributed by atoms with Crippen LogP contribution in [0.4, 0.5) is 0 Å². The third-order valence-corrected chi connectivity index (χ3v) is 3.36. The Labute approximate surface area is 133 Å². The SMILES string of the molecule is CCn1c(-n2cncn2)nc2cncc(/C(C)=N/OC(C)C)c21. The van der Waals surface area contributed by atoms with Crippen LogP contribution in [0.25, 0.3) is 17.0 Å². The molecule has 0 bridgehead atoms. The molecule has 3 rings (SSSR count). The van der Waals surface area contributed by atoms with Crippen LogP contribution in [-0.4, -0.2) is 41.1 Å². The summed E-state index contributed by atoms with van der Waals surface area (Å²) in [4.78, 5) is 18.3. The molecule has 3 heterocycles. The molecule has 0 amide bonds. The van der Waals surface area contributed by atoms with Gasteiger partial charge in [-0.3, -0.25) is 4.98 Å². The summed E-state index contributed by atoms with van der Waals surface area (Å²) >= 11 is 0. The number of pyridine rings is 1. The van der Waals surface area contributed by atoms with Crippen molar-refractivity contribution in [2.45, 2.75) is 40.3 Å². The predicted molar refractivity (Wildman–Crippen MR) is 86.6 cm³/mol. The Morgan fingerprint density at radius 1 is 1.30 bits per heavy atom. The van der Waals surface area contributed by atoms with Crippen LogP contribution >= 0.6 is 0 Å². The van der Waals surface area contributed by atoms with Crippen LogP contribution in [0, 0.1) is 0 Å². The second-order valence-electron chi connectivity index (χ2n) is 5.38. The minimum absolute atomic E-state index is 0.0268. The van der Waals surface area contributed by atoms with E-state index in [4.69, 9.17) is 4.84 Å². The average molecular weight is 313 g/mol. The Kier molecular flexibility index (Phi) is 4.05. The molecular weight excluding hydrogens is 294 g/mol. The maximum Gasteiger partial charge on any atom is 0.233 e. The molecule has 0 aromatic carbocycles. The van der Waals surface area contributed by atoms with Gasteiger partial charge in [0.2, 0.25) is 5.95 Å². The van der Waals surface area contributed by atoms with Crippen molar-refractivity contribution in [1.82, 2.24) is 29.3 Å². The Morgan fingerprint density at radius 3 is 2.78 bits per heavy atom. The monoisotopic (exact) mass is 313 g/mol. The molecule has 8 nitrogen and oxygen atoms in total. The number of oxime groups is 1. The van der Waals surface area contributed by atoms with E-state index in [1.807, 2.05) is 20.8 Å². The molecular formula is C15H19N7O. The number of imidazole rings is 1. The van der Waals surface area contributed by atoms with E-state index in [9.17, 15) is 0 Å². The molecule has 0 spiro atoms. The highest BCUT2D eigenvalue weighted by Crippen LogP contribution is 2.22. The maximum absolute atomic E-state index is 5.36. The second kappa shape index (κ2) is 6.15. The lowest BCUT2D eigenvalue weighted by Gasteiger charge is -2.09. The van der Waals surface area contributed by atoms with Gasteiger partial charge < -0.3 is 9.40 Å². The standard InChI is InChI=1S/C15H19N7O/c1-5-21-14-12(11(4)20-23-10(2)3)6-16-7-13(14)19-15(21)22-9-17-8-18-22/h6-10H,5H2,1-4H3/b20-11+. The van der Waals surface area contributed by atoms with Crippen molar-refractivity contribution in [2.75, 3.05) is 0 Å². The number of hydrogen-bond acceptors (Lipinski definition) is 6. The molecule has 3 aromatic heterocycles. The number of aromatic nitrogens is 6. The number of aryl methyl sites for hydroxylation is 1. The Morgan fingerprint density at radius 2 is 2.13 bits per heavy atom. The molecule has 0 aliphatic rings. The third-order valence-electron chi connectivity index (χ3n) is 3.36. The number of fused-ring (bicyclic) bond motifs is 1. The molecule has 0 radical (unpaired) electrons. The third kappa shape index (κ3) is 2.79. The van der Waals surface area contributed by atoms with Crippen molar-refractivity contribution in [3.63, 3.8) is 0 Å². The second-order valence-corrected chi connectivity index (χ2v) is 5.38. The van der Waals surface area contributed by atoms with E-state index >= 15 is 0 Å². The van der Waals surface area contributed by atoms with E-state index in [1.54, 1.807) is 23.4 Å². The fraction of sp³-hybridized carbons (Fsp3) is 0.400. The maximum atomic E-state index is 5.36. The Hall–Kier alpha value is -2.77. The van der Waals surface area contributed by atoms with Crippen LogP contribution in [-0.2, 0) is 11.4 Å². The molecule has 0 aliphatic heterocycles. The fourth-order valence-electron chi connectivity index (χ4n) is 2.36. The van der Waals surface area contributed by atoms with Crippen molar-refractivity contribution in [3.05, 3.63) is 30.6 Å². The minimum atomic E-state index is 0.0268. The number of hydrogen-bond donors (Lipinski definition) is 0. The van der Waals surface area contributed by atoms with Gasteiger partial charge in [0.05, 0.1) is 17.4 Å². The lowest BCUT2D eigenvalue weighted by Crippen LogP contribution is -2.09. The van der Waals surface area contributed by atoms with Crippen molar-refractivity contribution < 1.29 is 4.84 Å². The molecule has 0 saturated heterocycles. The lowest BCUT2D eigenvalue weighted by molar-refractivity contribution is 0.0860. The summed E-state index contributed by atoms with van der Waals surface area (Å²) in [5.74, 6) is 0.701. The van der Waals surface area contributed by atoms with Gasteiger partial charge in [-0.2, -0.15) is 9.78 Å². The van der Waals surface area contributed by atoms with Gasteiger partial charge in [-0.15, -0.1) is 0 Å². The summed E-state index contributed by atoms with van der Waals surface area (Å²) in [5.41, 5.74) is 3.40. The van der Waals surface area contributed by atoms with E-state index in [0.717, 1.165) is 28.9 Å². The van der Waals surface area contributed by atoms with Crippen molar-refractivity contribution >= 4 is 16.7 Å². The Balaban J connectivity index is 2.19. The summed E-state index contributed by atoms with van der Waals surface area (Å²) in [6.07, 6.45) is 6.66. The smallest absolute Gasteiger partial charge is 0.233 e. The van der Waals surface area contributed by atoms with Crippen LogP contribution in [0.2, 0.25) is 0 Å². The summed E-state index contributed by atoms with van der Waals surface area (Å²) in [6, 6.07) is 0. The van der Waals surface area contributed by atoms with Crippen molar-refractivity contribution in [3.8, 4) is 5.95 Å². The molecule has 0 saturated carbocycles. The van der Waals surface area contributed by atoms with Crippen LogP contribution < -0.4 is 0 Å². The average Bonchev–Trinajstić information content (AvgIpc) is 3.18. The quantitative estimate of drug-likeness (QED) is 0.532. The fourth-order valence-corrected chi connectivity index (χ4v) is 2.36. The zero-order chi connectivity index (χ0) is 16.4. The van der Waals surface area contributed by atoms with Crippen LogP contribution in [0.1, 0.15) is 33.3 Å². The van der Waals surface area contributed by atoms with Gasteiger partial charge >= 0.3 is 0 Å². The summed E-state index contributed by atoms with van der Waals surface area (Å²) in [5, 5.41) is 8.36. The van der Waals surface area contributed by atoms with E-state index in [0.29, 0.717) is 5.95 Å². The van der Waals surface area contributed by atoms with Gasteiger partial charge in [0.25, 0.3) is 0 Å². The number of rotatable bonds is 5. The molecule has 8 heteroatoms. The molecule has 120 valence electrons. The molecule has 0 fully saturated rings. The molecule has 23 heavy (non-hydrogen) atoms. The Bertz CT molecular complexity index is 833. The highest BCUT2D eigenvalue weighted by molar-refractivity contribution is 6.07. The van der Waals surface area contributed by atoms with Gasteiger partial charge in [0.15, 0.2) is 0 Å². The largest absolute Gasteiger partial charge is 0.393 e. The molecule has 3 aromatic rings. The van der Waals surface area contributed by atoms with Gasteiger partial charge in [-0.05, 0) is 27.7 Å². The first kappa shape index (κ1) is 15.1. The van der Waals surface area contributed by atoms with Crippen LogP contribution in [0.5, 0.6) is 0 Å². The first-order valence-corrected chi connectivity index (χ1v) is 7.51. The normalized spacial score (nSPS) is 12.3. The highest BCUT2D eigenvalue weighted by atomic mass is 16.6. The summed E-state index contributed by atoms with van der Waals surface area (Å²) in [6.45, 7) is 8.58. The molecule has 0 N–H and O–H groups in total. The summed E-state index contributed by atoms with van der Waals surface area (Å²) in [7, 11) is 0. The van der Waals surface area contributed by atoms with Crippen molar-refractivity contribution in [1.29, 1.82) is 0 Å². The first-order valence-electron chi connectivity index (χ1n) is 7.51. The zero-order valence-electron chi connectivity index (χ0n) is 13.6. The van der Waals surface area contributed by atoms with E-state index in [-0.39, 0.29) is 6.10 Å². The zero-order valence-corrected chi connectivity index (χ0v) is 13.6. The van der Waals surface area contributed by atoms with Gasteiger partial charge in [0.1, 0.15) is 24.3 Å². The van der Waals surface area contributed by atoms with Gasteiger partial charge in [-0.1, -0.05) is 5.16 Å². The molecule has 0 aliphatic carbocycles. The van der Waals surface area contributed by atoms with E-state index in [1.165, 1.54) is 6.33 Å². The molecule has 0 unspecified atom stereocenters. The van der Waals surface area contributed by atoms with Crippen LogP contribution in [0.3, 0.4) is 0 Å². The first-order chi connectivity index (χ1) is 11.1. The van der Waals surface area contributed by atoms with Gasteiger partial charge in [-0.25, -0.2) is 9.97 Å². The van der Waals surface area contributed by atoms with E-state index < -0.39 is 0 Å². The predicted octanol–water partition coefficient (Wildman–Crippen LogP) is 2.18. The van der Waals surface area contributed by atoms with E-state index in [2.05, 4.69) is 36.7 Å². The summed E-state index contributed by atoms with van der Waals surface area (Å²) < 4.78 is 3.71. The minimum Gasteiger partial charge on any atom is -0.393 e.